The fraction of sp³-hybridized carbons (Fsp3) is 0.231. The highest BCUT2D eigenvalue weighted by Gasteiger charge is 2.33. The van der Waals surface area contributed by atoms with E-state index in [9.17, 15) is 18.8 Å². The molecule has 1 fully saturated rings. The summed E-state index contributed by atoms with van der Waals surface area (Å²) in [5.74, 6) is -3.12. The number of nitrogens with zero attached hydrogens (tertiary/aromatic N) is 2. The van der Waals surface area contributed by atoms with Gasteiger partial charge in [0.25, 0.3) is 11.8 Å². The first-order valence-electron chi connectivity index (χ1n) is 6.30. The number of benzene rings is 1. The van der Waals surface area contributed by atoms with E-state index in [-0.39, 0.29) is 36.5 Å². The van der Waals surface area contributed by atoms with Crippen molar-refractivity contribution in [2.24, 2.45) is 16.5 Å². The average Bonchev–Trinajstić information content (AvgIpc) is 2.77. The van der Waals surface area contributed by atoms with Gasteiger partial charge in [-0.3, -0.25) is 9.59 Å². The number of guanidine groups is 1. The van der Waals surface area contributed by atoms with Crippen LogP contribution in [0.25, 0.3) is 0 Å². The minimum Gasteiger partial charge on any atom is -0.370 e. The molecule has 9 heteroatoms. The van der Waals surface area contributed by atoms with Crippen molar-refractivity contribution >= 4 is 23.7 Å². The maximum absolute atomic E-state index is 13.8. The van der Waals surface area contributed by atoms with Crippen molar-refractivity contribution < 1.29 is 23.6 Å². The predicted molar refractivity (Wildman–Crippen MR) is 72.4 cm³/mol. The molecule has 0 radical (unpaired) electrons. The summed E-state index contributed by atoms with van der Waals surface area (Å²) in [4.78, 5) is 42.8. The van der Waals surface area contributed by atoms with Crippen molar-refractivity contribution in [3.63, 3.8) is 0 Å². The summed E-state index contributed by atoms with van der Waals surface area (Å²) in [6, 6.07) is 3.52. The van der Waals surface area contributed by atoms with Crippen LogP contribution >= 0.6 is 0 Å². The molecule has 22 heavy (non-hydrogen) atoms. The molecule has 2 rings (SSSR count). The highest BCUT2D eigenvalue weighted by atomic mass is 18.2. The summed E-state index contributed by atoms with van der Waals surface area (Å²) in [5.41, 5.74) is 10.3. The van der Waals surface area contributed by atoms with Crippen LogP contribution in [0.3, 0.4) is 0 Å². The number of hydrogen-bond acceptors (Lipinski definition) is 5. The number of aliphatic imine (C=N–C) groups is 1. The first-order chi connectivity index (χ1) is 10.4. The molecule has 1 aromatic rings. The average molecular weight is 307 g/mol. The molecule has 1 aliphatic rings. The molecule has 0 aliphatic carbocycles. The van der Waals surface area contributed by atoms with E-state index in [0.717, 1.165) is 6.07 Å². The van der Waals surface area contributed by atoms with Crippen LogP contribution in [0.15, 0.2) is 23.2 Å². The molecule has 1 aromatic carbocycles. The van der Waals surface area contributed by atoms with Crippen LogP contribution in [0.2, 0.25) is 0 Å². The molecule has 0 bridgehead atoms. The SMILES string of the molecule is NC(N)=NCc1ccc(C(=O)ON2C(=O)CCC2=O)cc1[18F]. The van der Waals surface area contributed by atoms with Crippen LogP contribution in [0.4, 0.5) is 4.39 Å². The van der Waals surface area contributed by atoms with Gasteiger partial charge in [0.15, 0.2) is 5.96 Å². The molecule has 0 aromatic heterocycles. The Morgan fingerprint density at radius 1 is 1.27 bits per heavy atom. The summed E-state index contributed by atoms with van der Waals surface area (Å²) in [6.07, 6.45) is -0.0319. The van der Waals surface area contributed by atoms with Gasteiger partial charge in [0.1, 0.15) is 5.82 Å². The Kier molecular flexibility index (Phi) is 4.35. The molecule has 1 saturated heterocycles. The molecule has 0 atom stereocenters. The van der Waals surface area contributed by atoms with Crippen molar-refractivity contribution in [1.29, 1.82) is 0 Å². The number of halogens is 1. The van der Waals surface area contributed by atoms with E-state index in [1.165, 1.54) is 12.1 Å². The third-order valence-corrected chi connectivity index (χ3v) is 2.90. The van der Waals surface area contributed by atoms with Gasteiger partial charge in [-0.25, -0.2) is 14.2 Å². The van der Waals surface area contributed by atoms with Gasteiger partial charge in [0.2, 0.25) is 0 Å². The van der Waals surface area contributed by atoms with Gasteiger partial charge in [-0.1, -0.05) is 6.07 Å². The molecule has 0 unspecified atom stereocenters. The number of rotatable bonds is 4. The molecule has 1 heterocycles. The fourth-order valence-electron chi connectivity index (χ4n) is 1.77. The molecular weight excluding hydrogens is 294 g/mol. The molecule has 0 spiro atoms. The molecule has 0 saturated carbocycles. The highest BCUT2D eigenvalue weighted by molar-refractivity contribution is 6.02. The Labute approximate surface area is 124 Å². The first kappa shape index (κ1) is 15.4. The van der Waals surface area contributed by atoms with Gasteiger partial charge in [-0.05, 0) is 12.1 Å². The summed E-state index contributed by atoms with van der Waals surface area (Å²) < 4.78 is 13.8. The Morgan fingerprint density at radius 3 is 2.45 bits per heavy atom. The van der Waals surface area contributed by atoms with Crippen LogP contribution < -0.4 is 11.5 Å². The number of hydroxylamine groups is 2. The maximum atomic E-state index is 13.8. The molecule has 1 aliphatic heterocycles. The lowest BCUT2D eigenvalue weighted by atomic mass is 10.1. The third-order valence-electron chi connectivity index (χ3n) is 2.90. The zero-order valence-corrected chi connectivity index (χ0v) is 11.4. The first-order valence-corrected chi connectivity index (χ1v) is 6.30. The smallest absolute Gasteiger partial charge is 0.364 e. The third kappa shape index (κ3) is 3.37. The standard InChI is InChI=1S/C13H13FN4O4/c14-9-5-7(1-2-8(9)6-17-13(15)16)12(21)22-18-10(19)3-4-11(18)20/h1-2,5H,3-4,6H2,(H4,15,16,17)/i14-1. The Bertz CT molecular complexity index is 654. The fourth-order valence-corrected chi connectivity index (χ4v) is 1.77. The van der Waals surface area contributed by atoms with Crippen molar-refractivity contribution in [2.75, 3.05) is 0 Å². The van der Waals surface area contributed by atoms with E-state index in [4.69, 9.17) is 11.5 Å². The predicted octanol–water partition coefficient (Wildman–Crippen LogP) is -0.180. The molecule has 4 N–H and O–H groups in total. The quantitative estimate of drug-likeness (QED) is 0.451. The van der Waals surface area contributed by atoms with Gasteiger partial charge in [0.05, 0.1) is 12.1 Å². The van der Waals surface area contributed by atoms with E-state index in [0.29, 0.717) is 5.06 Å². The van der Waals surface area contributed by atoms with Crippen molar-refractivity contribution in [3.8, 4) is 0 Å². The van der Waals surface area contributed by atoms with Crippen LogP contribution in [-0.4, -0.2) is 28.8 Å². The lowest BCUT2D eigenvalue weighted by molar-refractivity contribution is -0.172. The molecule has 8 nitrogen and oxygen atoms in total. The minimum atomic E-state index is -1.00. The van der Waals surface area contributed by atoms with Crippen LogP contribution in [0, 0.1) is 5.82 Å². The van der Waals surface area contributed by atoms with Gasteiger partial charge in [0, 0.05) is 18.4 Å². The zero-order valence-electron chi connectivity index (χ0n) is 11.4. The van der Waals surface area contributed by atoms with Gasteiger partial charge in [-0.2, -0.15) is 0 Å². The van der Waals surface area contributed by atoms with E-state index in [1.807, 2.05) is 0 Å². The van der Waals surface area contributed by atoms with Gasteiger partial charge >= 0.3 is 5.97 Å². The second kappa shape index (κ2) is 6.20. The van der Waals surface area contributed by atoms with E-state index in [2.05, 4.69) is 9.83 Å². The Morgan fingerprint density at radius 2 is 1.91 bits per heavy atom. The van der Waals surface area contributed by atoms with Crippen molar-refractivity contribution in [1.82, 2.24) is 5.06 Å². The molecule has 2 amide bonds. The van der Waals surface area contributed by atoms with Crippen LogP contribution in [0.1, 0.15) is 28.8 Å². The normalized spacial score (nSPS) is 14.1. The number of carbonyl (C=O) groups excluding carboxylic acids is 3. The topological polar surface area (TPSA) is 128 Å². The summed E-state index contributed by atoms with van der Waals surface area (Å²) >= 11 is 0. The number of imide groups is 1. The van der Waals surface area contributed by atoms with E-state index >= 15 is 0 Å². The van der Waals surface area contributed by atoms with Crippen LogP contribution in [0.5, 0.6) is 0 Å². The lowest BCUT2D eigenvalue weighted by Gasteiger charge is -2.12. The number of nitrogens with two attached hydrogens (primary N) is 2. The lowest BCUT2D eigenvalue weighted by Crippen LogP contribution is -2.32. The van der Waals surface area contributed by atoms with Crippen molar-refractivity contribution in [2.45, 2.75) is 19.4 Å². The van der Waals surface area contributed by atoms with Crippen molar-refractivity contribution in [3.05, 3.63) is 35.1 Å². The van der Waals surface area contributed by atoms with Crippen LogP contribution in [-0.2, 0) is 21.0 Å². The Hall–Kier alpha value is -2.97. The second-order valence-corrected chi connectivity index (χ2v) is 4.51. The van der Waals surface area contributed by atoms with Gasteiger partial charge < -0.3 is 16.3 Å². The summed E-state index contributed by atoms with van der Waals surface area (Å²) in [5, 5.41) is 0.396. The maximum Gasteiger partial charge on any atom is 0.364 e. The number of carbonyl (C=O) groups is 3. The molecular formula is C13H13FN4O4. The molecule has 116 valence electrons. The summed E-state index contributed by atoms with van der Waals surface area (Å²) in [6.45, 7) is -0.0768. The monoisotopic (exact) mass is 307 g/mol. The second-order valence-electron chi connectivity index (χ2n) is 4.51. The zero-order chi connectivity index (χ0) is 16.3. The summed E-state index contributed by atoms with van der Waals surface area (Å²) in [7, 11) is 0. The number of hydrogen-bond donors (Lipinski definition) is 2. The highest BCUT2D eigenvalue weighted by Crippen LogP contribution is 2.16. The van der Waals surface area contributed by atoms with E-state index in [1.54, 1.807) is 0 Å². The largest absolute Gasteiger partial charge is 0.370 e. The van der Waals surface area contributed by atoms with E-state index < -0.39 is 23.6 Å². The van der Waals surface area contributed by atoms with Gasteiger partial charge in [-0.15, -0.1) is 5.06 Å². The minimum absolute atomic E-state index is 0.0159. The Balaban J connectivity index is 2.10. The number of amides is 2.